The van der Waals surface area contributed by atoms with Crippen LogP contribution in [-0.4, -0.2) is 11.1 Å². The van der Waals surface area contributed by atoms with Crippen LogP contribution in [0.1, 0.15) is 47.5 Å². The molecule has 0 aromatic carbocycles. The first-order valence-electron chi connectivity index (χ1n) is 5.00. The molecule has 0 saturated carbocycles. The second-order valence-corrected chi connectivity index (χ2v) is 5.03. The zero-order valence-electron chi connectivity index (χ0n) is 9.79. The standard InChI is InChI=1S/C10H21N3O/c1-8(2)10(5,12-11)7-6-9(3,4)13-14/h8,11H,6-7H2,1-5H3. The van der Waals surface area contributed by atoms with Crippen molar-refractivity contribution in [1.82, 2.24) is 0 Å². The van der Waals surface area contributed by atoms with Crippen LogP contribution in [0.5, 0.6) is 0 Å². The number of nitrogens with one attached hydrogen (secondary N) is 1. The first-order chi connectivity index (χ1) is 6.27. The third-order valence-electron chi connectivity index (χ3n) is 2.99. The van der Waals surface area contributed by atoms with Crippen LogP contribution in [-0.2, 0) is 0 Å². The second kappa shape index (κ2) is 4.62. The molecule has 4 nitrogen and oxygen atoms in total. The third kappa shape index (κ3) is 3.52. The summed E-state index contributed by atoms with van der Waals surface area (Å²) in [7, 11) is 0. The molecule has 0 aliphatic carbocycles. The van der Waals surface area contributed by atoms with E-state index < -0.39 is 5.54 Å². The minimum atomic E-state index is -0.541. The monoisotopic (exact) mass is 199 g/mol. The van der Waals surface area contributed by atoms with Crippen LogP contribution in [0.25, 0.3) is 0 Å². The van der Waals surface area contributed by atoms with Crippen LogP contribution in [0.15, 0.2) is 10.3 Å². The van der Waals surface area contributed by atoms with Gasteiger partial charge in [0, 0.05) is 0 Å². The molecule has 0 fully saturated rings. The van der Waals surface area contributed by atoms with E-state index in [2.05, 4.69) is 10.3 Å². The highest BCUT2D eigenvalue weighted by atomic mass is 16.3. The molecule has 0 heterocycles. The number of nitrogens with zero attached hydrogens (tertiary/aromatic N) is 2. The number of hydrogen-bond donors (Lipinski definition) is 1. The second-order valence-electron chi connectivity index (χ2n) is 5.03. The Morgan fingerprint density at radius 2 is 1.71 bits per heavy atom. The summed E-state index contributed by atoms with van der Waals surface area (Å²) in [5.41, 5.74) is 6.27. The Labute approximate surface area is 86.0 Å². The summed E-state index contributed by atoms with van der Waals surface area (Å²) in [6, 6.07) is 0. The third-order valence-corrected chi connectivity index (χ3v) is 2.99. The largest absolute Gasteiger partial charge is 0.209 e. The smallest absolute Gasteiger partial charge is 0.0971 e. The summed E-state index contributed by atoms with van der Waals surface area (Å²) in [5, 5.41) is 6.73. The van der Waals surface area contributed by atoms with Crippen molar-refractivity contribution in [3.8, 4) is 0 Å². The SMILES string of the molecule is CC(C)C(C)(CCC(C)(C)N=O)N=N. The fraction of sp³-hybridized carbons (Fsp3) is 1.00. The quantitative estimate of drug-likeness (QED) is 0.513. The summed E-state index contributed by atoms with van der Waals surface area (Å²) in [5.74, 6) is 0.308. The average Bonchev–Trinajstić information content (AvgIpc) is 2.14. The molecule has 0 spiro atoms. The molecular formula is C10H21N3O. The predicted octanol–water partition coefficient (Wildman–Crippen LogP) is 3.76. The highest BCUT2D eigenvalue weighted by Gasteiger charge is 2.31. The lowest BCUT2D eigenvalue weighted by Gasteiger charge is -2.29. The Balaban J connectivity index is 4.35. The Hall–Kier alpha value is -0.800. The van der Waals surface area contributed by atoms with E-state index in [-0.39, 0.29) is 5.54 Å². The van der Waals surface area contributed by atoms with Crippen molar-refractivity contribution < 1.29 is 0 Å². The van der Waals surface area contributed by atoms with Crippen LogP contribution in [0.2, 0.25) is 0 Å². The molecule has 14 heavy (non-hydrogen) atoms. The van der Waals surface area contributed by atoms with Crippen molar-refractivity contribution in [2.75, 3.05) is 0 Å². The molecule has 1 N–H and O–H groups in total. The molecule has 0 bridgehead atoms. The highest BCUT2D eigenvalue weighted by molar-refractivity contribution is 4.88. The molecule has 0 aliphatic rings. The van der Waals surface area contributed by atoms with Gasteiger partial charge in [-0.2, -0.15) is 10.0 Å². The first kappa shape index (κ1) is 13.2. The molecule has 0 aromatic heterocycles. The van der Waals surface area contributed by atoms with Crippen molar-refractivity contribution in [1.29, 1.82) is 5.53 Å². The van der Waals surface area contributed by atoms with Gasteiger partial charge in [0.25, 0.3) is 0 Å². The van der Waals surface area contributed by atoms with Crippen molar-refractivity contribution in [3.63, 3.8) is 0 Å². The van der Waals surface area contributed by atoms with Gasteiger partial charge in [-0.05, 0) is 39.5 Å². The number of hydrogen-bond acceptors (Lipinski definition) is 4. The predicted molar refractivity (Wildman–Crippen MR) is 57.5 cm³/mol. The lowest BCUT2D eigenvalue weighted by atomic mass is 9.82. The van der Waals surface area contributed by atoms with Gasteiger partial charge in [0.15, 0.2) is 0 Å². The van der Waals surface area contributed by atoms with Gasteiger partial charge in [0.05, 0.1) is 11.1 Å². The topological polar surface area (TPSA) is 65.6 Å². The molecule has 1 atom stereocenters. The van der Waals surface area contributed by atoms with E-state index in [0.717, 1.165) is 6.42 Å². The minimum Gasteiger partial charge on any atom is -0.209 e. The molecule has 0 rings (SSSR count). The van der Waals surface area contributed by atoms with Gasteiger partial charge >= 0.3 is 0 Å². The maximum Gasteiger partial charge on any atom is 0.0971 e. The van der Waals surface area contributed by atoms with Crippen LogP contribution < -0.4 is 0 Å². The zero-order valence-corrected chi connectivity index (χ0v) is 9.79. The summed E-state index contributed by atoms with van der Waals surface area (Å²) < 4.78 is 0. The van der Waals surface area contributed by atoms with Gasteiger partial charge in [-0.3, -0.25) is 0 Å². The molecule has 82 valence electrons. The van der Waals surface area contributed by atoms with E-state index in [1.807, 2.05) is 34.6 Å². The molecule has 0 amide bonds. The normalized spacial score (nSPS) is 16.4. The molecule has 0 aliphatic heterocycles. The van der Waals surface area contributed by atoms with Gasteiger partial charge in [-0.15, -0.1) is 0 Å². The van der Waals surface area contributed by atoms with E-state index in [1.165, 1.54) is 0 Å². The molecule has 4 heteroatoms. The number of nitroso groups, excluding NO2 is 1. The van der Waals surface area contributed by atoms with Crippen LogP contribution >= 0.6 is 0 Å². The zero-order chi connectivity index (χ0) is 11.4. The number of rotatable bonds is 6. The van der Waals surface area contributed by atoms with Gasteiger partial charge < -0.3 is 0 Å². The summed E-state index contributed by atoms with van der Waals surface area (Å²) in [4.78, 5) is 10.5. The van der Waals surface area contributed by atoms with E-state index in [1.54, 1.807) is 0 Å². The fourth-order valence-corrected chi connectivity index (χ4v) is 1.08. The van der Waals surface area contributed by atoms with Crippen molar-refractivity contribution in [2.24, 2.45) is 16.2 Å². The Morgan fingerprint density at radius 1 is 1.21 bits per heavy atom. The molecule has 0 aromatic rings. The maximum absolute atomic E-state index is 10.5. The first-order valence-corrected chi connectivity index (χ1v) is 5.00. The van der Waals surface area contributed by atoms with Crippen LogP contribution in [0.3, 0.4) is 0 Å². The average molecular weight is 199 g/mol. The van der Waals surface area contributed by atoms with E-state index in [0.29, 0.717) is 12.3 Å². The van der Waals surface area contributed by atoms with Crippen molar-refractivity contribution in [2.45, 2.75) is 58.5 Å². The highest BCUT2D eigenvalue weighted by Crippen LogP contribution is 2.30. The summed E-state index contributed by atoms with van der Waals surface area (Å²) in [6.07, 6.45) is 1.40. The van der Waals surface area contributed by atoms with E-state index in [9.17, 15) is 4.91 Å². The van der Waals surface area contributed by atoms with Crippen LogP contribution in [0, 0.1) is 16.4 Å². The van der Waals surface area contributed by atoms with Gasteiger partial charge in [-0.25, -0.2) is 5.53 Å². The Bertz CT molecular complexity index is 213. The summed E-state index contributed by atoms with van der Waals surface area (Å²) >= 11 is 0. The van der Waals surface area contributed by atoms with E-state index in [4.69, 9.17) is 5.53 Å². The van der Waals surface area contributed by atoms with Crippen molar-refractivity contribution in [3.05, 3.63) is 4.91 Å². The lowest BCUT2D eigenvalue weighted by molar-refractivity contribution is 0.269. The fourth-order valence-electron chi connectivity index (χ4n) is 1.08. The van der Waals surface area contributed by atoms with Gasteiger partial charge in [0.2, 0.25) is 0 Å². The summed E-state index contributed by atoms with van der Waals surface area (Å²) in [6.45, 7) is 9.65. The molecule has 1 unspecified atom stereocenters. The Morgan fingerprint density at radius 3 is 2.00 bits per heavy atom. The van der Waals surface area contributed by atoms with Crippen molar-refractivity contribution >= 4 is 0 Å². The minimum absolute atomic E-state index is 0.308. The molecule has 0 radical (unpaired) electrons. The van der Waals surface area contributed by atoms with Crippen LogP contribution in [0.4, 0.5) is 0 Å². The van der Waals surface area contributed by atoms with Gasteiger partial charge in [-0.1, -0.05) is 19.0 Å². The lowest BCUT2D eigenvalue weighted by Crippen LogP contribution is -2.31. The van der Waals surface area contributed by atoms with Gasteiger partial charge in [0.1, 0.15) is 0 Å². The molecular weight excluding hydrogens is 178 g/mol. The molecule has 0 saturated heterocycles. The maximum atomic E-state index is 10.5. The Kier molecular flexibility index (Phi) is 4.36. The van der Waals surface area contributed by atoms with E-state index >= 15 is 0 Å².